The van der Waals surface area contributed by atoms with Crippen LogP contribution in [0.25, 0.3) is 0 Å². The van der Waals surface area contributed by atoms with E-state index in [4.69, 9.17) is 0 Å². The summed E-state index contributed by atoms with van der Waals surface area (Å²) in [6.45, 7) is 3.84. The quantitative estimate of drug-likeness (QED) is 0.710. The van der Waals surface area contributed by atoms with Crippen LogP contribution in [0.15, 0.2) is 30.5 Å². The maximum absolute atomic E-state index is 12.5. The van der Waals surface area contributed by atoms with E-state index in [2.05, 4.69) is 26.3 Å². The summed E-state index contributed by atoms with van der Waals surface area (Å²) in [4.78, 5) is 24.3. The largest absolute Gasteiger partial charge is 0.344 e. The van der Waals surface area contributed by atoms with Crippen LogP contribution in [0, 0.1) is 5.92 Å². The van der Waals surface area contributed by atoms with Gasteiger partial charge in [-0.05, 0) is 63.4 Å². The van der Waals surface area contributed by atoms with Crippen LogP contribution < -0.4 is 16.0 Å². The molecule has 148 valence electrons. The summed E-state index contributed by atoms with van der Waals surface area (Å²) in [5.41, 5.74) is 2.08. The number of hydrogen-bond acceptors (Lipinski definition) is 5. The third-order valence-electron chi connectivity index (χ3n) is 5.40. The first-order valence-electron chi connectivity index (χ1n) is 9.94. The summed E-state index contributed by atoms with van der Waals surface area (Å²) in [6, 6.07) is 7.69. The zero-order chi connectivity index (χ0) is 19.5. The molecule has 0 spiro atoms. The van der Waals surface area contributed by atoms with Crippen molar-refractivity contribution in [2.75, 3.05) is 18.4 Å². The topological polar surface area (TPSA) is 101 Å². The monoisotopic (exact) mass is 382 g/mol. The predicted molar refractivity (Wildman–Crippen MR) is 105 cm³/mol. The van der Waals surface area contributed by atoms with Gasteiger partial charge in [0, 0.05) is 11.6 Å². The van der Waals surface area contributed by atoms with E-state index in [0.717, 1.165) is 50.0 Å². The Morgan fingerprint density at radius 1 is 1.14 bits per heavy atom. The molecule has 8 heteroatoms. The molecule has 1 aliphatic heterocycles. The fraction of sp³-hybridized carbons (Fsp3) is 0.500. The highest BCUT2D eigenvalue weighted by Gasteiger charge is 2.29. The SMILES string of the molecule is CC(NC(=O)c1cn(C2CCNCC2)nn1)c1ccc(NC(=O)C2CC2)cc1. The summed E-state index contributed by atoms with van der Waals surface area (Å²) in [5.74, 6) is 0.0286. The second-order valence-corrected chi connectivity index (χ2v) is 7.65. The number of aromatic nitrogens is 3. The van der Waals surface area contributed by atoms with Gasteiger partial charge in [0.2, 0.25) is 5.91 Å². The van der Waals surface area contributed by atoms with E-state index in [0.29, 0.717) is 11.7 Å². The Labute approximate surface area is 164 Å². The van der Waals surface area contributed by atoms with Crippen LogP contribution in [0.3, 0.4) is 0 Å². The highest BCUT2D eigenvalue weighted by Crippen LogP contribution is 2.30. The van der Waals surface area contributed by atoms with Gasteiger partial charge in [-0.2, -0.15) is 0 Å². The molecule has 4 rings (SSSR count). The second-order valence-electron chi connectivity index (χ2n) is 7.65. The van der Waals surface area contributed by atoms with Crippen LogP contribution in [0.2, 0.25) is 0 Å². The summed E-state index contributed by atoms with van der Waals surface area (Å²) >= 11 is 0. The van der Waals surface area contributed by atoms with Gasteiger partial charge in [0.15, 0.2) is 5.69 Å². The lowest BCUT2D eigenvalue weighted by Gasteiger charge is -2.22. The van der Waals surface area contributed by atoms with E-state index in [1.54, 1.807) is 10.9 Å². The van der Waals surface area contributed by atoms with E-state index in [1.165, 1.54) is 0 Å². The Balaban J connectivity index is 1.33. The molecule has 1 saturated carbocycles. The molecule has 2 heterocycles. The molecule has 1 unspecified atom stereocenters. The molecule has 2 amide bonds. The molecule has 0 radical (unpaired) electrons. The minimum Gasteiger partial charge on any atom is -0.344 e. The van der Waals surface area contributed by atoms with Crippen molar-refractivity contribution in [3.05, 3.63) is 41.7 Å². The normalized spacial score (nSPS) is 18.5. The molecule has 1 aromatic heterocycles. The molecule has 3 N–H and O–H groups in total. The van der Waals surface area contributed by atoms with E-state index >= 15 is 0 Å². The van der Waals surface area contributed by atoms with Gasteiger partial charge in [-0.3, -0.25) is 9.59 Å². The van der Waals surface area contributed by atoms with Gasteiger partial charge in [0.1, 0.15) is 0 Å². The van der Waals surface area contributed by atoms with Gasteiger partial charge in [-0.25, -0.2) is 4.68 Å². The lowest BCUT2D eigenvalue weighted by molar-refractivity contribution is -0.117. The molecule has 2 fully saturated rings. The Morgan fingerprint density at radius 2 is 1.86 bits per heavy atom. The molecule has 28 heavy (non-hydrogen) atoms. The van der Waals surface area contributed by atoms with Crippen LogP contribution in [-0.4, -0.2) is 39.9 Å². The van der Waals surface area contributed by atoms with Crippen LogP contribution >= 0.6 is 0 Å². The van der Waals surface area contributed by atoms with Crippen LogP contribution in [0.1, 0.15) is 60.7 Å². The average Bonchev–Trinajstić information content (AvgIpc) is 3.45. The fourth-order valence-electron chi connectivity index (χ4n) is 3.43. The van der Waals surface area contributed by atoms with Crippen molar-refractivity contribution in [2.24, 2.45) is 5.92 Å². The van der Waals surface area contributed by atoms with Crippen molar-refractivity contribution >= 4 is 17.5 Å². The van der Waals surface area contributed by atoms with Crippen LogP contribution in [-0.2, 0) is 4.79 Å². The van der Waals surface area contributed by atoms with Crippen LogP contribution in [0.4, 0.5) is 5.69 Å². The van der Waals surface area contributed by atoms with E-state index < -0.39 is 0 Å². The number of carbonyl (C=O) groups is 2. The predicted octanol–water partition coefficient (Wildman–Crippen LogP) is 2.04. The first-order valence-corrected chi connectivity index (χ1v) is 9.94. The number of nitrogens with one attached hydrogen (secondary N) is 3. The molecular formula is C20H26N6O2. The van der Waals surface area contributed by atoms with E-state index in [-0.39, 0.29) is 23.8 Å². The molecule has 2 aromatic rings. The molecule has 8 nitrogen and oxygen atoms in total. The molecule has 2 aliphatic rings. The molecular weight excluding hydrogens is 356 g/mol. The zero-order valence-electron chi connectivity index (χ0n) is 16.0. The first-order chi connectivity index (χ1) is 13.6. The van der Waals surface area contributed by atoms with Crippen molar-refractivity contribution in [2.45, 2.75) is 44.7 Å². The van der Waals surface area contributed by atoms with E-state index in [9.17, 15) is 9.59 Å². The molecule has 1 aromatic carbocycles. The Kier molecular flexibility index (Phi) is 5.38. The second kappa shape index (κ2) is 8.10. The van der Waals surface area contributed by atoms with Crippen molar-refractivity contribution in [3.8, 4) is 0 Å². The summed E-state index contributed by atoms with van der Waals surface area (Å²) in [7, 11) is 0. The number of carbonyl (C=O) groups excluding carboxylic acids is 2. The lowest BCUT2D eigenvalue weighted by Crippen LogP contribution is -2.29. The van der Waals surface area contributed by atoms with Crippen molar-refractivity contribution in [1.29, 1.82) is 0 Å². The fourth-order valence-corrected chi connectivity index (χ4v) is 3.43. The Morgan fingerprint density at radius 3 is 2.54 bits per heavy atom. The molecule has 1 saturated heterocycles. The summed E-state index contributed by atoms with van der Waals surface area (Å²) < 4.78 is 1.80. The molecule has 0 bridgehead atoms. The van der Waals surface area contributed by atoms with Crippen LogP contribution in [0.5, 0.6) is 0 Å². The van der Waals surface area contributed by atoms with Gasteiger partial charge < -0.3 is 16.0 Å². The van der Waals surface area contributed by atoms with Gasteiger partial charge in [-0.1, -0.05) is 17.3 Å². The number of benzene rings is 1. The van der Waals surface area contributed by atoms with Gasteiger partial charge in [0.25, 0.3) is 5.91 Å². The van der Waals surface area contributed by atoms with E-state index in [1.807, 2.05) is 31.2 Å². The minimum absolute atomic E-state index is 0.0888. The van der Waals surface area contributed by atoms with Gasteiger partial charge >= 0.3 is 0 Å². The summed E-state index contributed by atoms with van der Waals surface area (Å²) in [5, 5.41) is 17.4. The lowest BCUT2D eigenvalue weighted by atomic mass is 10.1. The Hall–Kier alpha value is -2.74. The molecule has 1 atom stereocenters. The van der Waals surface area contributed by atoms with Crippen molar-refractivity contribution in [3.63, 3.8) is 0 Å². The van der Waals surface area contributed by atoms with Crippen molar-refractivity contribution in [1.82, 2.24) is 25.6 Å². The smallest absolute Gasteiger partial charge is 0.273 e. The third kappa shape index (κ3) is 4.39. The average molecular weight is 382 g/mol. The van der Waals surface area contributed by atoms with Crippen molar-refractivity contribution < 1.29 is 9.59 Å². The number of piperidine rings is 1. The third-order valence-corrected chi connectivity index (χ3v) is 5.40. The number of anilines is 1. The Bertz CT molecular complexity index is 837. The zero-order valence-corrected chi connectivity index (χ0v) is 16.0. The summed E-state index contributed by atoms with van der Waals surface area (Å²) in [6.07, 6.45) is 5.67. The first kappa shape index (κ1) is 18.6. The number of hydrogen-bond donors (Lipinski definition) is 3. The number of amides is 2. The standard InChI is InChI=1S/C20H26N6O2/c1-13(14-4-6-16(7-5-14)23-19(27)15-2-3-15)22-20(28)18-12-26(25-24-18)17-8-10-21-11-9-17/h4-7,12-13,15,17,21H,2-3,8-11H2,1H3,(H,22,28)(H,23,27). The minimum atomic E-state index is -0.237. The highest BCUT2D eigenvalue weighted by molar-refractivity contribution is 5.94. The molecule has 1 aliphatic carbocycles. The number of nitrogens with zero attached hydrogens (tertiary/aromatic N) is 3. The van der Waals surface area contributed by atoms with Gasteiger partial charge in [-0.15, -0.1) is 5.10 Å². The number of rotatable bonds is 6. The maximum Gasteiger partial charge on any atom is 0.273 e. The van der Waals surface area contributed by atoms with Gasteiger partial charge in [0.05, 0.1) is 18.3 Å². The maximum atomic E-state index is 12.5. The highest BCUT2D eigenvalue weighted by atomic mass is 16.2.